The molecule has 1 N–H and O–H groups in total. The topological polar surface area (TPSA) is 54.5 Å². The normalized spacial score (nSPS) is 18.9. The van der Waals surface area contributed by atoms with Crippen LogP contribution in [0.15, 0.2) is 18.3 Å². The van der Waals surface area contributed by atoms with Crippen molar-refractivity contribution < 1.29 is 9.53 Å². The van der Waals surface area contributed by atoms with Crippen LogP contribution in [-0.4, -0.2) is 44.7 Å². The number of carbonyl (C=O) groups is 1. The Morgan fingerprint density at radius 3 is 3.16 bits per heavy atom. The minimum absolute atomic E-state index is 0.323. The summed E-state index contributed by atoms with van der Waals surface area (Å²) in [5.41, 5.74) is 0.543. The first kappa shape index (κ1) is 13.8. The number of hydrogen-bond donors (Lipinski definition) is 1. The highest BCUT2D eigenvalue weighted by Gasteiger charge is 2.16. The lowest BCUT2D eigenvalue weighted by atomic mass is 9.99. The monoisotopic (exact) mass is 263 g/mol. The van der Waals surface area contributed by atoms with Gasteiger partial charge in [-0.1, -0.05) is 0 Å². The molecule has 1 unspecified atom stereocenters. The van der Waals surface area contributed by atoms with Crippen molar-refractivity contribution in [2.45, 2.75) is 12.8 Å². The molecule has 1 aromatic rings. The third-order valence-corrected chi connectivity index (χ3v) is 3.49. The molecule has 0 radical (unpaired) electrons. The first-order chi connectivity index (χ1) is 9.20. The number of nitrogens with zero attached hydrogens (tertiary/aromatic N) is 2. The average Bonchev–Trinajstić information content (AvgIpc) is 2.47. The number of carbonyl (C=O) groups excluding carboxylic acids is 1. The maximum Gasteiger partial charge on any atom is 0.338 e. The number of rotatable bonds is 4. The summed E-state index contributed by atoms with van der Waals surface area (Å²) in [6, 6.07) is 3.45. The number of piperidine rings is 1. The van der Waals surface area contributed by atoms with Crippen molar-refractivity contribution in [2.75, 3.05) is 38.7 Å². The van der Waals surface area contributed by atoms with Crippen molar-refractivity contribution in [3.63, 3.8) is 0 Å². The fourth-order valence-corrected chi connectivity index (χ4v) is 2.43. The molecule has 5 nitrogen and oxygen atoms in total. The smallest absolute Gasteiger partial charge is 0.338 e. The molecule has 0 spiro atoms. The van der Waals surface area contributed by atoms with Gasteiger partial charge in [0.15, 0.2) is 0 Å². The summed E-state index contributed by atoms with van der Waals surface area (Å²) in [4.78, 5) is 17.9. The minimum atomic E-state index is -0.323. The Kier molecular flexibility index (Phi) is 4.74. The zero-order valence-corrected chi connectivity index (χ0v) is 11.6. The van der Waals surface area contributed by atoms with Crippen LogP contribution in [0.5, 0.6) is 0 Å². The second kappa shape index (κ2) is 6.52. The number of anilines is 1. The fraction of sp³-hybridized carbons (Fsp3) is 0.571. The maximum absolute atomic E-state index is 11.5. The molecule has 1 fully saturated rings. The molecule has 1 saturated heterocycles. The molecule has 5 heteroatoms. The van der Waals surface area contributed by atoms with Gasteiger partial charge in [0.2, 0.25) is 0 Å². The number of methoxy groups -OCH3 is 1. The Hall–Kier alpha value is -1.62. The summed E-state index contributed by atoms with van der Waals surface area (Å²) in [6.45, 7) is 3.13. The van der Waals surface area contributed by atoms with Crippen molar-refractivity contribution in [1.29, 1.82) is 0 Å². The van der Waals surface area contributed by atoms with Crippen LogP contribution in [0.2, 0.25) is 0 Å². The van der Waals surface area contributed by atoms with Gasteiger partial charge in [0, 0.05) is 19.8 Å². The van der Waals surface area contributed by atoms with Crippen LogP contribution in [-0.2, 0) is 4.74 Å². The largest absolute Gasteiger partial charge is 0.465 e. The SMILES string of the molecule is COC(=O)c1ccnc(N(C)CC2CCCNC2)c1. The summed E-state index contributed by atoms with van der Waals surface area (Å²) >= 11 is 0. The molecule has 0 aliphatic carbocycles. The molecule has 1 aliphatic rings. The van der Waals surface area contributed by atoms with E-state index < -0.39 is 0 Å². The van der Waals surface area contributed by atoms with E-state index >= 15 is 0 Å². The number of hydrogen-bond acceptors (Lipinski definition) is 5. The van der Waals surface area contributed by atoms with Crippen molar-refractivity contribution >= 4 is 11.8 Å². The zero-order chi connectivity index (χ0) is 13.7. The molecule has 1 atom stereocenters. The van der Waals surface area contributed by atoms with E-state index in [1.807, 2.05) is 7.05 Å². The maximum atomic E-state index is 11.5. The van der Waals surface area contributed by atoms with Gasteiger partial charge in [-0.05, 0) is 44.0 Å². The molecular weight excluding hydrogens is 242 g/mol. The molecule has 1 aromatic heterocycles. The molecule has 0 aromatic carbocycles. The highest BCUT2D eigenvalue weighted by molar-refractivity contribution is 5.90. The lowest BCUT2D eigenvalue weighted by Gasteiger charge is -2.28. The van der Waals surface area contributed by atoms with Crippen LogP contribution >= 0.6 is 0 Å². The van der Waals surface area contributed by atoms with Gasteiger partial charge in [-0.15, -0.1) is 0 Å². The van der Waals surface area contributed by atoms with Crippen LogP contribution in [0.4, 0.5) is 5.82 Å². The molecule has 1 aliphatic heterocycles. The molecule has 2 heterocycles. The van der Waals surface area contributed by atoms with E-state index in [9.17, 15) is 4.79 Å². The molecule has 0 amide bonds. The minimum Gasteiger partial charge on any atom is -0.465 e. The van der Waals surface area contributed by atoms with Crippen LogP contribution in [0.3, 0.4) is 0 Å². The first-order valence-electron chi connectivity index (χ1n) is 6.67. The van der Waals surface area contributed by atoms with E-state index in [0.29, 0.717) is 11.5 Å². The lowest BCUT2D eigenvalue weighted by Crippen LogP contribution is -2.37. The molecule has 0 saturated carbocycles. The summed E-state index contributed by atoms with van der Waals surface area (Å²) in [5.74, 6) is 1.13. The second-order valence-corrected chi connectivity index (χ2v) is 4.99. The van der Waals surface area contributed by atoms with E-state index in [1.54, 1.807) is 18.3 Å². The van der Waals surface area contributed by atoms with E-state index in [4.69, 9.17) is 4.74 Å². The third-order valence-electron chi connectivity index (χ3n) is 3.49. The summed E-state index contributed by atoms with van der Waals surface area (Å²) < 4.78 is 4.73. The Morgan fingerprint density at radius 1 is 1.63 bits per heavy atom. The standard InChI is InChI=1S/C14H21N3O2/c1-17(10-11-4-3-6-15-9-11)13-8-12(5-7-16-13)14(18)19-2/h5,7-8,11,15H,3-4,6,9-10H2,1-2H3. The fourth-order valence-electron chi connectivity index (χ4n) is 2.43. The molecule has 0 bridgehead atoms. The molecule has 104 valence electrons. The van der Waals surface area contributed by atoms with Gasteiger partial charge in [-0.3, -0.25) is 0 Å². The number of nitrogens with one attached hydrogen (secondary N) is 1. The highest BCUT2D eigenvalue weighted by Crippen LogP contribution is 2.16. The number of aromatic nitrogens is 1. The van der Waals surface area contributed by atoms with Crippen molar-refractivity contribution in [3.8, 4) is 0 Å². The number of ether oxygens (including phenoxy) is 1. The number of esters is 1. The van der Waals surface area contributed by atoms with Gasteiger partial charge in [0.05, 0.1) is 12.7 Å². The second-order valence-electron chi connectivity index (χ2n) is 4.99. The zero-order valence-electron chi connectivity index (χ0n) is 11.6. The Balaban J connectivity index is 2.01. The summed E-state index contributed by atoms with van der Waals surface area (Å²) in [7, 11) is 3.40. The van der Waals surface area contributed by atoms with Crippen molar-refractivity contribution in [1.82, 2.24) is 10.3 Å². The Morgan fingerprint density at radius 2 is 2.47 bits per heavy atom. The first-order valence-corrected chi connectivity index (χ1v) is 6.67. The Labute approximate surface area is 114 Å². The molecule has 19 heavy (non-hydrogen) atoms. The van der Waals surface area contributed by atoms with E-state index in [0.717, 1.165) is 25.5 Å². The van der Waals surface area contributed by atoms with E-state index in [1.165, 1.54) is 20.0 Å². The number of pyridine rings is 1. The van der Waals surface area contributed by atoms with Gasteiger partial charge in [-0.25, -0.2) is 9.78 Å². The summed E-state index contributed by atoms with van der Waals surface area (Å²) in [6.07, 6.45) is 4.12. The van der Waals surface area contributed by atoms with Gasteiger partial charge in [0.1, 0.15) is 5.82 Å². The Bertz CT molecular complexity index is 430. The van der Waals surface area contributed by atoms with Gasteiger partial charge < -0.3 is 15.0 Å². The van der Waals surface area contributed by atoms with E-state index in [-0.39, 0.29) is 5.97 Å². The predicted octanol–water partition coefficient (Wildman–Crippen LogP) is 1.30. The van der Waals surface area contributed by atoms with Crippen LogP contribution < -0.4 is 10.2 Å². The van der Waals surface area contributed by atoms with Crippen LogP contribution in [0.25, 0.3) is 0 Å². The van der Waals surface area contributed by atoms with Crippen molar-refractivity contribution in [2.24, 2.45) is 5.92 Å². The van der Waals surface area contributed by atoms with Crippen molar-refractivity contribution in [3.05, 3.63) is 23.9 Å². The predicted molar refractivity (Wildman–Crippen MR) is 74.4 cm³/mol. The van der Waals surface area contributed by atoms with Crippen LogP contribution in [0.1, 0.15) is 23.2 Å². The third kappa shape index (κ3) is 3.67. The average molecular weight is 263 g/mol. The quantitative estimate of drug-likeness (QED) is 0.830. The van der Waals surface area contributed by atoms with Crippen LogP contribution in [0, 0.1) is 5.92 Å². The molecular formula is C14H21N3O2. The van der Waals surface area contributed by atoms with Gasteiger partial charge >= 0.3 is 5.97 Å². The summed E-state index contributed by atoms with van der Waals surface area (Å²) in [5, 5.41) is 3.41. The molecule has 2 rings (SSSR count). The van der Waals surface area contributed by atoms with Gasteiger partial charge in [-0.2, -0.15) is 0 Å². The lowest BCUT2D eigenvalue weighted by molar-refractivity contribution is 0.0600. The highest BCUT2D eigenvalue weighted by atomic mass is 16.5. The van der Waals surface area contributed by atoms with E-state index in [2.05, 4.69) is 15.2 Å². The van der Waals surface area contributed by atoms with Gasteiger partial charge in [0.25, 0.3) is 0 Å².